The number of likely N-dealkylation sites (tertiary alicyclic amines) is 2. The molecule has 0 unspecified atom stereocenters. The molecule has 0 bridgehead atoms. The van der Waals surface area contributed by atoms with Crippen molar-refractivity contribution in [2.75, 3.05) is 32.4 Å². The molecule has 1 aromatic heterocycles. The van der Waals surface area contributed by atoms with E-state index in [2.05, 4.69) is 15.0 Å². The van der Waals surface area contributed by atoms with Crippen molar-refractivity contribution in [2.45, 2.75) is 49.3 Å². The second kappa shape index (κ2) is 14.4. The number of benzene rings is 2. The predicted octanol–water partition coefficient (Wildman–Crippen LogP) is 4.46. The third kappa shape index (κ3) is 8.95. The molecule has 2 aliphatic heterocycles. The van der Waals surface area contributed by atoms with Gasteiger partial charge in [0, 0.05) is 56.7 Å². The van der Waals surface area contributed by atoms with E-state index in [4.69, 9.17) is 0 Å². The maximum absolute atomic E-state index is 15.0. The first-order chi connectivity index (χ1) is 22.7. The first kappa shape index (κ1) is 35.0. The molecule has 3 heterocycles. The van der Waals surface area contributed by atoms with Crippen molar-refractivity contribution in [2.24, 2.45) is 5.92 Å². The monoisotopic (exact) mass is 690 g/mol. The van der Waals surface area contributed by atoms with Crippen molar-refractivity contribution in [1.29, 1.82) is 0 Å². The van der Waals surface area contributed by atoms with Gasteiger partial charge in [0.1, 0.15) is 17.6 Å². The highest BCUT2D eigenvalue weighted by Crippen LogP contribution is 2.26. The van der Waals surface area contributed by atoms with Crippen LogP contribution in [-0.2, 0) is 16.4 Å². The van der Waals surface area contributed by atoms with E-state index in [1.54, 1.807) is 4.90 Å². The third-order valence-electron chi connectivity index (χ3n) is 8.47. The lowest BCUT2D eigenvalue weighted by Crippen LogP contribution is -2.52. The molecule has 10 nitrogen and oxygen atoms in total. The number of piperidine rings is 2. The summed E-state index contributed by atoms with van der Waals surface area (Å²) >= 11 is 0. The van der Waals surface area contributed by atoms with Crippen LogP contribution >= 0.6 is 0 Å². The van der Waals surface area contributed by atoms with Crippen LogP contribution in [0, 0.1) is 5.92 Å². The summed E-state index contributed by atoms with van der Waals surface area (Å²) < 4.78 is 79.4. The molecule has 5 rings (SSSR count). The number of aromatic nitrogens is 1. The first-order valence-electron chi connectivity index (χ1n) is 15.3. The predicted molar refractivity (Wildman–Crippen MR) is 166 cm³/mol. The van der Waals surface area contributed by atoms with Crippen LogP contribution in [-0.4, -0.2) is 91.8 Å². The van der Waals surface area contributed by atoms with Crippen molar-refractivity contribution in [3.05, 3.63) is 89.2 Å². The lowest BCUT2D eigenvalue weighted by molar-refractivity contribution is -0.274. The SMILES string of the molecule is CS(=O)(=O)c1ccc(C(=O)C2CCN(C(=O)c3ccc(C(=O)N[C@@H]4CCN(Cc5ccc(OC(F)(F)F)cc5)C[C@H]4F)nc3)CC2)cc1. The van der Waals surface area contributed by atoms with Crippen LogP contribution in [0.3, 0.4) is 0 Å². The highest BCUT2D eigenvalue weighted by molar-refractivity contribution is 7.90. The van der Waals surface area contributed by atoms with Gasteiger partial charge >= 0.3 is 6.36 Å². The van der Waals surface area contributed by atoms with Crippen molar-refractivity contribution in [3.8, 4) is 5.75 Å². The van der Waals surface area contributed by atoms with Gasteiger partial charge in [-0.3, -0.25) is 24.3 Å². The summed E-state index contributed by atoms with van der Waals surface area (Å²) in [4.78, 5) is 46.5. The summed E-state index contributed by atoms with van der Waals surface area (Å²) in [6.07, 6.45) is -2.59. The largest absolute Gasteiger partial charge is 0.573 e. The molecular formula is C33H34F4N4O6S. The number of sulfone groups is 1. The van der Waals surface area contributed by atoms with Crippen LogP contribution in [0.2, 0.25) is 0 Å². The van der Waals surface area contributed by atoms with Gasteiger partial charge in [0.05, 0.1) is 16.5 Å². The van der Waals surface area contributed by atoms with Crippen molar-refractivity contribution >= 4 is 27.4 Å². The van der Waals surface area contributed by atoms with Crippen LogP contribution in [0.25, 0.3) is 0 Å². The number of amides is 2. The molecule has 2 atom stereocenters. The Morgan fingerprint density at radius 2 is 1.56 bits per heavy atom. The van der Waals surface area contributed by atoms with Crippen molar-refractivity contribution in [1.82, 2.24) is 20.1 Å². The number of halogens is 4. The van der Waals surface area contributed by atoms with Gasteiger partial charge < -0.3 is 15.0 Å². The summed E-state index contributed by atoms with van der Waals surface area (Å²) in [5, 5.41) is 2.67. The minimum absolute atomic E-state index is 0.0182. The van der Waals surface area contributed by atoms with Crippen LogP contribution < -0.4 is 10.1 Å². The number of hydrogen-bond donors (Lipinski definition) is 1. The number of carbonyl (C=O) groups excluding carboxylic acids is 3. The Bertz CT molecular complexity index is 1730. The Morgan fingerprint density at radius 1 is 0.917 bits per heavy atom. The minimum atomic E-state index is -4.78. The highest BCUT2D eigenvalue weighted by atomic mass is 32.2. The molecule has 15 heteroatoms. The van der Waals surface area contributed by atoms with Crippen LogP contribution in [0.15, 0.2) is 71.8 Å². The Kier molecular flexibility index (Phi) is 10.5. The van der Waals surface area contributed by atoms with E-state index in [9.17, 15) is 36.0 Å². The zero-order valence-electron chi connectivity index (χ0n) is 26.0. The number of Topliss-reactive ketones (excluding diaryl/α,β-unsaturated/α-hetero) is 1. The highest BCUT2D eigenvalue weighted by Gasteiger charge is 2.33. The minimum Gasteiger partial charge on any atom is -0.406 e. The average Bonchev–Trinajstić information content (AvgIpc) is 3.05. The Labute approximate surface area is 275 Å². The maximum Gasteiger partial charge on any atom is 0.573 e. The molecule has 2 aromatic carbocycles. The fraction of sp³-hybridized carbons (Fsp3) is 0.394. The zero-order chi connectivity index (χ0) is 34.6. The molecule has 2 fully saturated rings. The molecule has 1 N–H and O–H groups in total. The van der Waals surface area contributed by atoms with E-state index in [1.165, 1.54) is 66.9 Å². The molecular weight excluding hydrogens is 656 g/mol. The van der Waals surface area contributed by atoms with E-state index in [0.717, 1.165) is 6.26 Å². The number of alkyl halides is 4. The van der Waals surface area contributed by atoms with Crippen molar-refractivity contribution in [3.63, 3.8) is 0 Å². The number of nitrogens with zero attached hydrogens (tertiary/aromatic N) is 3. The van der Waals surface area contributed by atoms with Crippen molar-refractivity contribution < 1.29 is 45.1 Å². The average molecular weight is 691 g/mol. The fourth-order valence-corrected chi connectivity index (χ4v) is 6.49. The molecule has 2 aliphatic rings. The van der Waals surface area contributed by atoms with Gasteiger partial charge in [-0.1, -0.05) is 24.3 Å². The van der Waals surface area contributed by atoms with E-state index < -0.39 is 34.3 Å². The third-order valence-corrected chi connectivity index (χ3v) is 9.60. The summed E-state index contributed by atoms with van der Waals surface area (Å²) in [5.41, 5.74) is 1.40. The second-order valence-electron chi connectivity index (χ2n) is 12.0. The first-order valence-corrected chi connectivity index (χ1v) is 17.2. The molecule has 3 aromatic rings. The Morgan fingerprint density at radius 3 is 2.12 bits per heavy atom. The molecule has 2 amide bonds. The van der Waals surface area contributed by atoms with Crippen LogP contribution in [0.1, 0.15) is 56.0 Å². The van der Waals surface area contributed by atoms with Crippen LogP contribution in [0.5, 0.6) is 5.75 Å². The normalized spacial score (nSPS) is 19.5. The number of hydrogen-bond acceptors (Lipinski definition) is 8. The van der Waals surface area contributed by atoms with Gasteiger partial charge in [-0.25, -0.2) is 12.8 Å². The quantitative estimate of drug-likeness (QED) is 0.258. The lowest BCUT2D eigenvalue weighted by Gasteiger charge is -2.35. The van der Waals surface area contributed by atoms with E-state index >= 15 is 4.39 Å². The van der Waals surface area contributed by atoms with Gasteiger partial charge in [-0.2, -0.15) is 0 Å². The molecule has 0 saturated carbocycles. The number of ether oxygens (including phenoxy) is 1. The van der Waals surface area contributed by atoms with E-state index in [0.29, 0.717) is 56.6 Å². The van der Waals surface area contributed by atoms with Gasteiger partial charge in [-0.05, 0) is 61.2 Å². The number of carbonyl (C=O) groups is 3. The Balaban J connectivity index is 1.07. The standard InChI is InChI=1S/C33H34F4N4O6S/c1-48(45,46)26-9-4-22(5-10-26)30(42)23-12-16-41(17-13-23)32(44)24-6-11-29(38-18-24)31(43)39-28-14-15-40(20-27(28)34)19-21-2-7-25(8-3-21)47-33(35,36)37/h2-11,18,23,27-28H,12-17,19-20H2,1H3,(H,39,43)/t27-,28-/m1/s1. The lowest BCUT2D eigenvalue weighted by atomic mass is 9.88. The van der Waals surface area contributed by atoms with E-state index in [1.807, 2.05) is 4.90 Å². The molecule has 2 saturated heterocycles. The molecule has 0 radical (unpaired) electrons. The number of pyridine rings is 1. The maximum atomic E-state index is 15.0. The zero-order valence-corrected chi connectivity index (χ0v) is 26.8. The number of nitrogens with one attached hydrogen (secondary N) is 1. The smallest absolute Gasteiger partial charge is 0.406 e. The fourth-order valence-electron chi connectivity index (χ4n) is 5.86. The van der Waals surface area contributed by atoms with Gasteiger partial charge in [0.25, 0.3) is 11.8 Å². The summed E-state index contributed by atoms with van der Waals surface area (Å²) in [6.45, 7) is 1.47. The van der Waals surface area contributed by atoms with Crippen LogP contribution in [0.4, 0.5) is 17.6 Å². The molecule has 256 valence electrons. The number of ketones is 1. The molecule has 48 heavy (non-hydrogen) atoms. The van der Waals surface area contributed by atoms with Gasteiger partial charge in [0.15, 0.2) is 15.6 Å². The summed E-state index contributed by atoms with van der Waals surface area (Å²) in [5.74, 6) is -1.62. The molecule has 0 aliphatic carbocycles. The van der Waals surface area contributed by atoms with E-state index in [-0.39, 0.29) is 46.1 Å². The van der Waals surface area contributed by atoms with Gasteiger partial charge in [0.2, 0.25) is 0 Å². The van der Waals surface area contributed by atoms with Gasteiger partial charge in [-0.15, -0.1) is 13.2 Å². The second-order valence-corrected chi connectivity index (χ2v) is 14.0. The molecule has 0 spiro atoms. The summed E-state index contributed by atoms with van der Waals surface area (Å²) in [7, 11) is -3.37. The Hall–Kier alpha value is -4.37. The number of rotatable bonds is 9. The summed E-state index contributed by atoms with van der Waals surface area (Å²) in [6, 6.07) is 13.3. The topological polar surface area (TPSA) is 126 Å².